The van der Waals surface area contributed by atoms with Gasteiger partial charge >= 0.3 is 0 Å². The molecule has 0 N–H and O–H groups in total. The topological polar surface area (TPSA) is 43.7 Å². The lowest BCUT2D eigenvalue weighted by molar-refractivity contribution is 0.414. The molecule has 2 aromatic carbocycles. The normalized spacial score (nSPS) is 12.7. The predicted molar refractivity (Wildman–Crippen MR) is 102 cm³/mol. The number of fused-ring (bicyclic) bond motifs is 3. The van der Waals surface area contributed by atoms with Crippen molar-refractivity contribution in [2.45, 2.75) is 12.8 Å². The van der Waals surface area contributed by atoms with Crippen molar-refractivity contribution in [1.29, 1.82) is 0 Å². The molecule has 1 aromatic heterocycles. The summed E-state index contributed by atoms with van der Waals surface area (Å²) < 4.78 is 10.5. The van der Waals surface area contributed by atoms with Gasteiger partial charge in [0.05, 0.1) is 19.9 Å². The van der Waals surface area contributed by atoms with Crippen molar-refractivity contribution in [2.75, 3.05) is 14.2 Å². The molecule has 0 saturated carbocycles. The first kappa shape index (κ1) is 15.8. The van der Waals surface area contributed by atoms with E-state index in [-0.39, 0.29) is 0 Å². The summed E-state index contributed by atoms with van der Waals surface area (Å²) in [5.74, 6) is 1.70. The number of benzene rings is 2. The van der Waals surface area contributed by atoms with Crippen molar-refractivity contribution in [3.63, 3.8) is 0 Å². The highest BCUT2D eigenvalue weighted by Gasteiger charge is 2.21. The molecule has 4 rings (SSSR count). The van der Waals surface area contributed by atoms with Crippen molar-refractivity contribution in [2.24, 2.45) is 4.99 Å². The quantitative estimate of drug-likeness (QED) is 0.642. The molecule has 1 aliphatic carbocycles. The molecule has 0 atom stereocenters. The standard InChI is InChI=1S/C20H18N2O2S/c1-23-15-7-3-13(4-8-15)12-21-20-22-19-17-11-16(24-2)9-5-14(17)6-10-18(19)25-20/h3-5,7-9,11-12H,6,10H2,1-2H3. The molecular formula is C20H18N2O2S. The number of hydrogen-bond acceptors (Lipinski definition) is 5. The Labute approximate surface area is 150 Å². The van der Waals surface area contributed by atoms with Crippen LogP contribution >= 0.6 is 11.3 Å². The van der Waals surface area contributed by atoms with Crippen molar-refractivity contribution >= 4 is 22.7 Å². The van der Waals surface area contributed by atoms with Gasteiger partial charge in [-0.25, -0.2) is 9.98 Å². The summed E-state index contributed by atoms with van der Waals surface area (Å²) in [4.78, 5) is 10.6. The summed E-state index contributed by atoms with van der Waals surface area (Å²) in [6.07, 6.45) is 3.90. The second-order valence-electron chi connectivity index (χ2n) is 5.82. The molecule has 4 nitrogen and oxygen atoms in total. The maximum Gasteiger partial charge on any atom is 0.209 e. The second-order valence-corrected chi connectivity index (χ2v) is 6.88. The van der Waals surface area contributed by atoms with Crippen LogP contribution in [0, 0.1) is 0 Å². The Hall–Kier alpha value is -2.66. The van der Waals surface area contributed by atoms with E-state index in [1.165, 1.54) is 16.0 Å². The van der Waals surface area contributed by atoms with E-state index in [0.29, 0.717) is 0 Å². The highest BCUT2D eigenvalue weighted by molar-refractivity contribution is 7.15. The number of ether oxygens (including phenoxy) is 2. The number of nitrogens with zero attached hydrogens (tertiary/aromatic N) is 2. The monoisotopic (exact) mass is 350 g/mol. The molecule has 0 unspecified atom stereocenters. The van der Waals surface area contributed by atoms with Gasteiger partial charge in [-0.3, -0.25) is 0 Å². The van der Waals surface area contributed by atoms with Crippen LogP contribution in [0.25, 0.3) is 11.3 Å². The lowest BCUT2D eigenvalue weighted by Gasteiger charge is -2.15. The van der Waals surface area contributed by atoms with Gasteiger partial charge in [-0.15, -0.1) is 0 Å². The second kappa shape index (κ2) is 6.69. The van der Waals surface area contributed by atoms with Gasteiger partial charge in [0.15, 0.2) is 0 Å². The van der Waals surface area contributed by atoms with Crippen LogP contribution < -0.4 is 9.47 Å². The van der Waals surface area contributed by atoms with Crippen molar-refractivity contribution in [3.8, 4) is 22.8 Å². The summed E-state index contributed by atoms with van der Waals surface area (Å²) in [5.41, 5.74) is 4.56. The third-order valence-electron chi connectivity index (χ3n) is 4.32. The van der Waals surface area contributed by atoms with E-state index in [0.717, 1.165) is 40.7 Å². The molecule has 5 heteroatoms. The number of aromatic nitrogens is 1. The largest absolute Gasteiger partial charge is 0.497 e. The molecule has 0 spiro atoms. The zero-order chi connectivity index (χ0) is 17.2. The Morgan fingerprint density at radius 3 is 2.52 bits per heavy atom. The van der Waals surface area contributed by atoms with Gasteiger partial charge in [0, 0.05) is 16.7 Å². The predicted octanol–water partition coefficient (Wildman–Crippen LogP) is 4.68. The number of methoxy groups -OCH3 is 2. The summed E-state index contributed by atoms with van der Waals surface area (Å²) in [7, 11) is 3.35. The van der Waals surface area contributed by atoms with Crippen LogP contribution in [0.4, 0.5) is 5.13 Å². The third-order valence-corrected chi connectivity index (χ3v) is 5.34. The maximum absolute atomic E-state index is 5.36. The van der Waals surface area contributed by atoms with Crippen LogP contribution in [-0.2, 0) is 12.8 Å². The van der Waals surface area contributed by atoms with Gasteiger partial charge in [-0.2, -0.15) is 0 Å². The van der Waals surface area contributed by atoms with Gasteiger partial charge in [-0.05, 0) is 60.4 Å². The molecular weight excluding hydrogens is 332 g/mol. The van der Waals surface area contributed by atoms with E-state index < -0.39 is 0 Å². The van der Waals surface area contributed by atoms with Gasteiger partial charge in [0.2, 0.25) is 5.13 Å². The molecule has 0 amide bonds. The fraction of sp³-hybridized carbons (Fsp3) is 0.200. The summed E-state index contributed by atoms with van der Waals surface area (Å²) in [6, 6.07) is 14.0. The van der Waals surface area contributed by atoms with Crippen LogP contribution in [0.5, 0.6) is 11.5 Å². The molecule has 25 heavy (non-hydrogen) atoms. The summed E-state index contributed by atoms with van der Waals surface area (Å²) >= 11 is 1.66. The van der Waals surface area contributed by atoms with E-state index in [1.54, 1.807) is 25.6 Å². The molecule has 0 radical (unpaired) electrons. The van der Waals surface area contributed by atoms with Crippen molar-refractivity contribution < 1.29 is 9.47 Å². The van der Waals surface area contributed by atoms with Crippen molar-refractivity contribution in [1.82, 2.24) is 4.98 Å². The number of thiazole rings is 1. The van der Waals surface area contributed by atoms with Gasteiger partial charge in [0.1, 0.15) is 11.5 Å². The Morgan fingerprint density at radius 1 is 1.00 bits per heavy atom. The van der Waals surface area contributed by atoms with Gasteiger partial charge in [0.25, 0.3) is 0 Å². The van der Waals surface area contributed by atoms with E-state index >= 15 is 0 Å². The molecule has 126 valence electrons. The molecule has 0 saturated heterocycles. The molecule has 0 fully saturated rings. The van der Waals surface area contributed by atoms with E-state index in [1.807, 2.05) is 36.5 Å². The van der Waals surface area contributed by atoms with Crippen molar-refractivity contribution in [3.05, 3.63) is 58.5 Å². The number of rotatable bonds is 4. The minimum absolute atomic E-state index is 0.788. The minimum Gasteiger partial charge on any atom is -0.497 e. The van der Waals surface area contributed by atoms with E-state index in [4.69, 9.17) is 14.5 Å². The van der Waals surface area contributed by atoms with E-state index in [9.17, 15) is 0 Å². The molecule has 1 aliphatic rings. The lowest BCUT2D eigenvalue weighted by Crippen LogP contribution is -2.02. The van der Waals surface area contributed by atoms with Gasteiger partial charge < -0.3 is 9.47 Å². The Bertz CT molecular complexity index is 929. The molecule has 1 heterocycles. The summed E-state index contributed by atoms with van der Waals surface area (Å²) in [5, 5.41) is 0.788. The lowest BCUT2D eigenvalue weighted by atomic mass is 9.93. The fourth-order valence-electron chi connectivity index (χ4n) is 2.96. The zero-order valence-electron chi connectivity index (χ0n) is 14.2. The SMILES string of the molecule is COc1ccc(C=Nc2nc3c(s2)CCc2ccc(OC)cc2-3)cc1. The van der Waals surface area contributed by atoms with Crippen LogP contribution in [0.2, 0.25) is 0 Å². The first-order valence-corrected chi connectivity index (χ1v) is 8.93. The van der Waals surface area contributed by atoms with Crippen LogP contribution in [-0.4, -0.2) is 25.4 Å². The average Bonchev–Trinajstić information content (AvgIpc) is 3.10. The van der Waals surface area contributed by atoms with Crippen LogP contribution in [0.1, 0.15) is 16.0 Å². The highest BCUT2D eigenvalue weighted by atomic mass is 32.1. The smallest absolute Gasteiger partial charge is 0.209 e. The Morgan fingerprint density at radius 2 is 1.76 bits per heavy atom. The third kappa shape index (κ3) is 3.15. The average molecular weight is 350 g/mol. The fourth-order valence-corrected chi connectivity index (χ4v) is 3.88. The van der Waals surface area contributed by atoms with E-state index in [2.05, 4.69) is 17.1 Å². The Kier molecular flexibility index (Phi) is 4.24. The highest BCUT2D eigenvalue weighted by Crippen LogP contribution is 2.40. The van der Waals surface area contributed by atoms with Crippen LogP contribution in [0.3, 0.4) is 0 Å². The van der Waals surface area contributed by atoms with Crippen LogP contribution in [0.15, 0.2) is 47.5 Å². The molecule has 0 bridgehead atoms. The minimum atomic E-state index is 0.788. The number of aliphatic imine (C=N–C) groups is 1. The molecule has 0 aliphatic heterocycles. The number of hydrogen-bond donors (Lipinski definition) is 0. The van der Waals surface area contributed by atoms with Gasteiger partial charge in [-0.1, -0.05) is 17.4 Å². The number of aryl methyl sites for hydroxylation is 2. The zero-order valence-corrected chi connectivity index (χ0v) is 15.0. The maximum atomic E-state index is 5.36. The molecule has 3 aromatic rings. The Balaban J connectivity index is 1.63. The first-order valence-electron chi connectivity index (χ1n) is 8.12. The first-order chi connectivity index (χ1) is 12.3. The summed E-state index contributed by atoms with van der Waals surface area (Å²) in [6.45, 7) is 0.